The highest BCUT2D eigenvalue weighted by molar-refractivity contribution is 8.18. The molecule has 3 aromatic carbocycles. The number of aliphatic imine (C=N–C) groups is 1. The molecule has 1 aliphatic carbocycles. The van der Waals surface area contributed by atoms with Gasteiger partial charge in [-0.1, -0.05) is 73.0 Å². The number of amidine groups is 1. The van der Waals surface area contributed by atoms with Crippen LogP contribution in [0.25, 0.3) is 17.0 Å². The third-order valence-corrected chi connectivity index (χ3v) is 8.55. The van der Waals surface area contributed by atoms with Gasteiger partial charge in [0.25, 0.3) is 5.91 Å². The average Bonchev–Trinajstić information content (AvgIpc) is 3.61. The molecule has 1 aromatic heterocycles. The van der Waals surface area contributed by atoms with Crippen LogP contribution in [0.1, 0.15) is 42.5 Å². The topological polar surface area (TPSA) is 37.6 Å². The van der Waals surface area contributed by atoms with Crippen molar-refractivity contribution < 1.29 is 4.79 Å². The van der Waals surface area contributed by atoms with Crippen LogP contribution >= 0.6 is 23.4 Å². The Bertz CT molecular complexity index is 1520. The molecule has 186 valence electrons. The van der Waals surface area contributed by atoms with E-state index in [4.69, 9.17) is 16.6 Å². The number of fused-ring (bicyclic) bond motifs is 1. The third kappa shape index (κ3) is 4.74. The van der Waals surface area contributed by atoms with Gasteiger partial charge in [-0.25, -0.2) is 4.99 Å². The van der Waals surface area contributed by atoms with Crippen LogP contribution < -0.4 is 0 Å². The van der Waals surface area contributed by atoms with Crippen LogP contribution in [0.4, 0.5) is 5.69 Å². The van der Waals surface area contributed by atoms with Gasteiger partial charge in [-0.2, -0.15) is 0 Å². The fourth-order valence-corrected chi connectivity index (χ4v) is 6.58. The lowest BCUT2D eigenvalue weighted by atomic mass is 10.1. The Hall–Kier alpha value is -3.28. The van der Waals surface area contributed by atoms with E-state index in [0.29, 0.717) is 0 Å². The summed E-state index contributed by atoms with van der Waals surface area (Å²) in [4.78, 5) is 21.4. The monoisotopic (exact) mass is 525 g/mol. The summed E-state index contributed by atoms with van der Waals surface area (Å²) >= 11 is 7.61. The van der Waals surface area contributed by atoms with Gasteiger partial charge in [0, 0.05) is 39.8 Å². The molecule has 2 fully saturated rings. The van der Waals surface area contributed by atoms with Gasteiger partial charge in [0.15, 0.2) is 5.17 Å². The Morgan fingerprint density at radius 3 is 2.43 bits per heavy atom. The normalized spacial score (nSPS) is 18.6. The zero-order valence-electron chi connectivity index (χ0n) is 20.7. The number of rotatable bonds is 5. The second kappa shape index (κ2) is 10.2. The van der Waals surface area contributed by atoms with Crippen molar-refractivity contribution in [1.29, 1.82) is 0 Å². The maximum Gasteiger partial charge on any atom is 0.267 e. The van der Waals surface area contributed by atoms with E-state index >= 15 is 0 Å². The minimum absolute atomic E-state index is 0.0699. The maximum atomic E-state index is 13.8. The number of aromatic nitrogens is 1. The summed E-state index contributed by atoms with van der Waals surface area (Å²) in [6, 6.07) is 26.6. The maximum absolute atomic E-state index is 13.8. The first-order valence-electron chi connectivity index (χ1n) is 12.8. The summed E-state index contributed by atoms with van der Waals surface area (Å²) in [7, 11) is 0. The van der Waals surface area contributed by atoms with E-state index in [2.05, 4.69) is 54.0 Å². The van der Waals surface area contributed by atoms with Crippen LogP contribution in [-0.2, 0) is 11.3 Å². The van der Waals surface area contributed by atoms with Crippen molar-refractivity contribution in [1.82, 2.24) is 9.47 Å². The van der Waals surface area contributed by atoms with Crippen LogP contribution in [0.15, 0.2) is 88.8 Å². The minimum Gasteiger partial charge on any atom is -0.340 e. The first kappa shape index (κ1) is 24.1. The second-order valence-electron chi connectivity index (χ2n) is 9.68. The summed E-state index contributed by atoms with van der Waals surface area (Å²) in [6.07, 6.45) is 6.47. The summed E-state index contributed by atoms with van der Waals surface area (Å²) in [6.45, 7) is 2.88. The zero-order valence-corrected chi connectivity index (χ0v) is 22.3. The van der Waals surface area contributed by atoms with Crippen LogP contribution in [-0.4, -0.2) is 26.6 Å². The summed E-state index contributed by atoms with van der Waals surface area (Å²) in [5.41, 5.74) is 5.44. The quantitative estimate of drug-likeness (QED) is 0.246. The molecule has 1 amide bonds. The average molecular weight is 526 g/mol. The molecule has 4 nitrogen and oxygen atoms in total. The van der Waals surface area contributed by atoms with E-state index in [1.54, 1.807) is 0 Å². The van der Waals surface area contributed by atoms with Gasteiger partial charge in [0.05, 0.1) is 10.6 Å². The van der Waals surface area contributed by atoms with Gasteiger partial charge in [0.1, 0.15) is 0 Å². The number of nitrogens with zero attached hydrogens (tertiary/aromatic N) is 3. The molecule has 0 bridgehead atoms. The molecule has 2 heterocycles. The summed E-state index contributed by atoms with van der Waals surface area (Å²) in [5, 5.41) is 2.67. The molecule has 2 aliphatic rings. The standard InChI is InChI=1S/C31H28ClN3OS/c1-21-27(26-13-7-8-14-28(26)34(21)20-22-15-17-23(32)18-16-22)19-29-30(36)35(25-11-5-6-12-25)31(37-29)33-24-9-3-2-4-10-24/h2-4,7-10,13-19,25H,5-6,11-12,20H2,1H3. The van der Waals surface area contributed by atoms with Crippen molar-refractivity contribution in [2.24, 2.45) is 4.99 Å². The Balaban J connectivity index is 1.42. The van der Waals surface area contributed by atoms with Gasteiger partial charge < -0.3 is 4.57 Å². The second-order valence-corrected chi connectivity index (χ2v) is 11.1. The SMILES string of the molecule is Cc1c(C=C2SC(=Nc3ccccc3)N(C3CCCC3)C2=O)c2ccccc2n1Cc1ccc(Cl)cc1. The van der Waals surface area contributed by atoms with Crippen molar-refractivity contribution in [3.63, 3.8) is 0 Å². The molecule has 4 aromatic rings. The van der Waals surface area contributed by atoms with Crippen LogP contribution in [0.5, 0.6) is 0 Å². The molecule has 6 heteroatoms. The number of carbonyl (C=O) groups excluding carboxylic acids is 1. The molecule has 0 spiro atoms. The van der Waals surface area contributed by atoms with Gasteiger partial charge in [-0.05, 0) is 73.5 Å². The van der Waals surface area contributed by atoms with Crippen molar-refractivity contribution in [2.75, 3.05) is 0 Å². The van der Waals surface area contributed by atoms with Gasteiger partial charge in [-0.15, -0.1) is 0 Å². The zero-order chi connectivity index (χ0) is 25.4. The minimum atomic E-state index is 0.0699. The Labute approximate surface area is 226 Å². The van der Waals surface area contributed by atoms with E-state index in [1.807, 2.05) is 47.4 Å². The lowest BCUT2D eigenvalue weighted by molar-refractivity contribution is -0.123. The van der Waals surface area contributed by atoms with E-state index in [0.717, 1.165) is 75.2 Å². The molecule has 37 heavy (non-hydrogen) atoms. The van der Waals surface area contributed by atoms with Crippen molar-refractivity contribution in [2.45, 2.75) is 45.2 Å². The van der Waals surface area contributed by atoms with Crippen LogP contribution in [0.3, 0.4) is 0 Å². The number of hydrogen-bond donors (Lipinski definition) is 0. The largest absolute Gasteiger partial charge is 0.340 e. The predicted octanol–water partition coefficient (Wildman–Crippen LogP) is 8.20. The predicted molar refractivity (Wildman–Crippen MR) is 155 cm³/mol. The lowest BCUT2D eigenvalue weighted by Gasteiger charge is -2.22. The van der Waals surface area contributed by atoms with E-state index in [1.165, 1.54) is 17.3 Å². The number of benzene rings is 3. The van der Waals surface area contributed by atoms with E-state index in [-0.39, 0.29) is 11.9 Å². The molecule has 6 rings (SSSR count). The Morgan fingerprint density at radius 1 is 0.973 bits per heavy atom. The van der Waals surface area contributed by atoms with Gasteiger partial charge >= 0.3 is 0 Å². The van der Waals surface area contributed by atoms with Gasteiger partial charge in [0.2, 0.25) is 0 Å². The highest BCUT2D eigenvalue weighted by Gasteiger charge is 2.39. The molecule has 0 N–H and O–H groups in total. The molecular formula is C31H28ClN3OS. The van der Waals surface area contributed by atoms with Crippen molar-refractivity contribution in [3.05, 3.63) is 106 Å². The van der Waals surface area contributed by atoms with E-state index in [9.17, 15) is 4.79 Å². The number of thioether (sulfide) groups is 1. The van der Waals surface area contributed by atoms with Crippen LogP contribution in [0, 0.1) is 6.92 Å². The van der Waals surface area contributed by atoms with Gasteiger partial charge in [-0.3, -0.25) is 9.69 Å². The molecule has 1 aliphatic heterocycles. The Morgan fingerprint density at radius 2 is 1.68 bits per heavy atom. The molecule has 0 radical (unpaired) electrons. The number of carbonyl (C=O) groups is 1. The first-order valence-corrected chi connectivity index (χ1v) is 14.0. The molecule has 0 unspecified atom stereocenters. The highest BCUT2D eigenvalue weighted by Crippen LogP contribution is 2.40. The Kier molecular flexibility index (Phi) is 6.66. The number of halogens is 1. The summed E-state index contributed by atoms with van der Waals surface area (Å²) < 4.78 is 2.32. The molecular weight excluding hydrogens is 498 g/mol. The third-order valence-electron chi connectivity index (χ3n) is 7.32. The van der Waals surface area contributed by atoms with Crippen molar-refractivity contribution in [3.8, 4) is 0 Å². The molecule has 1 saturated carbocycles. The fraction of sp³-hybridized carbons (Fsp3) is 0.226. The first-order chi connectivity index (χ1) is 18.1. The fourth-order valence-electron chi connectivity index (χ4n) is 5.41. The highest BCUT2D eigenvalue weighted by atomic mass is 35.5. The number of amides is 1. The lowest BCUT2D eigenvalue weighted by Crippen LogP contribution is -2.37. The van der Waals surface area contributed by atoms with Crippen LogP contribution in [0.2, 0.25) is 5.02 Å². The van der Waals surface area contributed by atoms with Crippen molar-refractivity contribution >= 4 is 57.1 Å². The molecule has 0 atom stereocenters. The van der Waals surface area contributed by atoms with E-state index < -0.39 is 0 Å². The number of para-hydroxylation sites is 2. The summed E-state index contributed by atoms with van der Waals surface area (Å²) in [5.74, 6) is 0.0699. The number of hydrogen-bond acceptors (Lipinski definition) is 3. The smallest absolute Gasteiger partial charge is 0.267 e. The molecule has 1 saturated heterocycles.